The second-order valence-electron chi connectivity index (χ2n) is 11.9. The molecule has 0 aromatic heterocycles. The van der Waals surface area contributed by atoms with Crippen LogP contribution in [0, 0.1) is 0 Å². The minimum atomic E-state index is 0.0884. The zero-order valence-corrected chi connectivity index (χ0v) is 28.4. The lowest BCUT2D eigenvalue weighted by Gasteiger charge is -2.03. The molecule has 0 heterocycles. The van der Waals surface area contributed by atoms with E-state index in [9.17, 15) is 9.59 Å². The lowest BCUT2D eigenvalue weighted by atomic mass is 10.0. The highest BCUT2D eigenvalue weighted by Crippen LogP contribution is 2.14. The Labute approximate surface area is 268 Å². The van der Waals surface area contributed by atoms with E-state index < -0.39 is 0 Å². The quantitative estimate of drug-likeness (QED) is 0.0442. The highest BCUT2D eigenvalue weighted by atomic mass is 16.1. The number of ketones is 2. The van der Waals surface area contributed by atoms with Gasteiger partial charge < -0.3 is 0 Å². The molecule has 244 valence electrons. The van der Waals surface area contributed by atoms with E-state index >= 15 is 0 Å². The average molecular weight is 593 g/mol. The number of hydrogen-bond donors (Lipinski definition) is 0. The Bertz CT molecular complexity index is 793. The maximum absolute atomic E-state index is 12.1. The summed E-state index contributed by atoms with van der Waals surface area (Å²) in [6.07, 6.45) is 53.9. The topological polar surface area (TPSA) is 34.1 Å². The van der Waals surface area contributed by atoms with Crippen LogP contribution < -0.4 is 0 Å². The van der Waals surface area contributed by atoms with Crippen LogP contribution in [0.15, 0.2) is 72.9 Å². The lowest BCUT2D eigenvalue weighted by molar-refractivity contribution is -0.127. The first-order chi connectivity index (χ1) is 21.2. The molecule has 0 aliphatic heterocycles. The molecule has 0 N–H and O–H groups in total. The molecule has 0 unspecified atom stereocenters. The number of allylic oxidation sites excluding steroid dienone is 12. The van der Waals surface area contributed by atoms with Crippen molar-refractivity contribution in [2.24, 2.45) is 0 Å². The molecule has 0 aliphatic rings. The van der Waals surface area contributed by atoms with Gasteiger partial charge in [-0.1, -0.05) is 177 Å². The maximum Gasteiger partial charge on any atom is 0.140 e. The number of carbonyl (C=O) groups excluding carboxylic acids is 2. The molecule has 43 heavy (non-hydrogen) atoms. The minimum absolute atomic E-state index is 0.0884. The van der Waals surface area contributed by atoms with E-state index in [1.807, 2.05) is 0 Å². The van der Waals surface area contributed by atoms with Crippen molar-refractivity contribution in [2.45, 2.75) is 174 Å². The van der Waals surface area contributed by atoms with Crippen LogP contribution in [-0.2, 0) is 9.59 Å². The predicted molar refractivity (Wildman–Crippen MR) is 192 cm³/mol. The highest BCUT2D eigenvalue weighted by Gasteiger charge is 2.08. The molecular formula is C41H68O2. The lowest BCUT2D eigenvalue weighted by Crippen LogP contribution is -2.07. The van der Waals surface area contributed by atoms with Crippen LogP contribution in [0.2, 0.25) is 0 Å². The van der Waals surface area contributed by atoms with Crippen molar-refractivity contribution < 1.29 is 9.59 Å². The van der Waals surface area contributed by atoms with Gasteiger partial charge in [0, 0.05) is 12.8 Å². The Morgan fingerprint density at radius 3 is 1.09 bits per heavy atom. The number of rotatable bonds is 32. The van der Waals surface area contributed by atoms with E-state index in [0.29, 0.717) is 12.8 Å². The van der Waals surface area contributed by atoms with Gasteiger partial charge in [-0.05, 0) is 51.4 Å². The van der Waals surface area contributed by atoms with Gasteiger partial charge in [0.1, 0.15) is 11.6 Å². The fourth-order valence-corrected chi connectivity index (χ4v) is 4.97. The summed E-state index contributed by atoms with van der Waals surface area (Å²) in [5, 5.41) is 0. The summed E-state index contributed by atoms with van der Waals surface area (Å²) in [5.74, 6) is 0.216. The van der Waals surface area contributed by atoms with E-state index in [-0.39, 0.29) is 18.0 Å². The molecule has 2 nitrogen and oxygen atoms in total. The van der Waals surface area contributed by atoms with Crippen molar-refractivity contribution >= 4 is 11.6 Å². The maximum atomic E-state index is 12.1. The Morgan fingerprint density at radius 1 is 0.372 bits per heavy atom. The Kier molecular flexibility index (Phi) is 34.1. The monoisotopic (exact) mass is 593 g/mol. The van der Waals surface area contributed by atoms with Crippen LogP contribution in [0.25, 0.3) is 0 Å². The Morgan fingerprint density at radius 2 is 0.698 bits per heavy atom. The van der Waals surface area contributed by atoms with E-state index in [1.54, 1.807) is 0 Å². The smallest absolute Gasteiger partial charge is 0.140 e. The Balaban J connectivity index is 3.53. The molecule has 0 rings (SSSR count). The summed E-state index contributed by atoms with van der Waals surface area (Å²) in [4.78, 5) is 24.2. The normalized spacial score (nSPS) is 12.5. The second-order valence-corrected chi connectivity index (χ2v) is 11.9. The summed E-state index contributed by atoms with van der Waals surface area (Å²) in [7, 11) is 0. The fraction of sp³-hybridized carbons (Fsp3) is 0.659. The number of hydrogen-bond acceptors (Lipinski definition) is 2. The zero-order valence-electron chi connectivity index (χ0n) is 28.4. The van der Waals surface area contributed by atoms with Crippen molar-refractivity contribution in [2.75, 3.05) is 0 Å². The number of unbranched alkanes of at least 4 members (excludes halogenated alkanes) is 14. The fourth-order valence-electron chi connectivity index (χ4n) is 4.97. The van der Waals surface area contributed by atoms with Gasteiger partial charge in [-0.3, -0.25) is 9.59 Å². The molecule has 0 bridgehead atoms. The summed E-state index contributed by atoms with van der Waals surface area (Å²) in [5.41, 5.74) is 0. The van der Waals surface area contributed by atoms with Gasteiger partial charge in [0.15, 0.2) is 0 Å². The molecule has 0 aromatic rings. The van der Waals surface area contributed by atoms with Gasteiger partial charge in [-0.15, -0.1) is 0 Å². The molecule has 0 saturated heterocycles. The third kappa shape index (κ3) is 35.9. The molecular weight excluding hydrogens is 524 g/mol. The summed E-state index contributed by atoms with van der Waals surface area (Å²) < 4.78 is 0. The molecule has 0 atom stereocenters. The molecule has 0 radical (unpaired) electrons. The van der Waals surface area contributed by atoms with Crippen molar-refractivity contribution in [1.82, 2.24) is 0 Å². The zero-order chi connectivity index (χ0) is 31.3. The predicted octanol–water partition coefficient (Wildman–Crippen LogP) is 13.3. The summed E-state index contributed by atoms with van der Waals surface area (Å²) in [6, 6.07) is 0. The van der Waals surface area contributed by atoms with Gasteiger partial charge in [-0.25, -0.2) is 0 Å². The second kappa shape index (κ2) is 36.0. The minimum Gasteiger partial charge on any atom is -0.299 e. The number of Topliss-reactive ketones (excluding diaryl/α,β-unsaturated/α-hetero) is 2. The summed E-state index contributed by atoms with van der Waals surface area (Å²) in [6.45, 7) is 4.43. The van der Waals surface area contributed by atoms with Crippen LogP contribution in [0.1, 0.15) is 174 Å². The van der Waals surface area contributed by atoms with Crippen LogP contribution >= 0.6 is 0 Å². The van der Waals surface area contributed by atoms with E-state index in [2.05, 4.69) is 86.8 Å². The van der Waals surface area contributed by atoms with Crippen molar-refractivity contribution in [3.05, 3.63) is 72.9 Å². The first-order valence-electron chi connectivity index (χ1n) is 18.1. The van der Waals surface area contributed by atoms with Gasteiger partial charge in [0.05, 0.1) is 6.42 Å². The van der Waals surface area contributed by atoms with E-state index in [1.165, 1.54) is 83.5 Å². The highest BCUT2D eigenvalue weighted by molar-refractivity contribution is 5.99. The molecule has 0 spiro atoms. The standard InChI is InChI=1S/C41H68O2/c1-3-5-7-9-11-13-15-17-19-20-21-22-24-26-28-30-32-34-36-38-41(43)39-40(42)37-35-33-31-29-27-25-23-18-16-14-12-10-8-6-4-2/h5,7,11,13,17,19,21-22,26,28,32,34H,3-4,6,8-10,12,14-16,18,20,23-25,27,29-31,33,35-39H2,1-2H3. The van der Waals surface area contributed by atoms with Crippen LogP contribution in [-0.4, -0.2) is 11.6 Å². The van der Waals surface area contributed by atoms with Crippen molar-refractivity contribution in [3.63, 3.8) is 0 Å². The first-order valence-corrected chi connectivity index (χ1v) is 18.1. The van der Waals surface area contributed by atoms with Crippen molar-refractivity contribution in [1.29, 1.82) is 0 Å². The molecule has 0 fully saturated rings. The van der Waals surface area contributed by atoms with Crippen LogP contribution in [0.3, 0.4) is 0 Å². The third-order valence-electron chi connectivity index (χ3n) is 7.64. The van der Waals surface area contributed by atoms with Crippen molar-refractivity contribution in [3.8, 4) is 0 Å². The molecule has 0 aliphatic carbocycles. The third-order valence-corrected chi connectivity index (χ3v) is 7.64. The van der Waals surface area contributed by atoms with Gasteiger partial charge >= 0.3 is 0 Å². The van der Waals surface area contributed by atoms with E-state index in [4.69, 9.17) is 0 Å². The average Bonchev–Trinajstić information content (AvgIpc) is 3.00. The van der Waals surface area contributed by atoms with Gasteiger partial charge in [0.25, 0.3) is 0 Å². The Hall–Kier alpha value is -2.22. The van der Waals surface area contributed by atoms with E-state index in [0.717, 1.165) is 57.8 Å². The SMILES string of the molecule is CCC=CCC=CCC=CCC=CCC=CCC=CCCC(=O)CC(=O)CCCCCCCCCCCCCCCCC. The largest absolute Gasteiger partial charge is 0.299 e. The molecule has 2 heteroatoms. The van der Waals surface area contributed by atoms with Crippen LogP contribution in [0.5, 0.6) is 0 Å². The van der Waals surface area contributed by atoms with Gasteiger partial charge in [0.2, 0.25) is 0 Å². The van der Waals surface area contributed by atoms with Crippen LogP contribution in [0.4, 0.5) is 0 Å². The molecule has 0 amide bonds. The molecule has 0 aromatic carbocycles. The summed E-state index contributed by atoms with van der Waals surface area (Å²) >= 11 is 0. The first kappa shape index (κ1) is 40.8. The molecule has 0 saturated carbocycles. The van der Waals surface area contributed by atoms with Gasteiger partial charge in [-0.2, -0.15) is 0 Å². The number of carbonyl (C=O) groups is 2.